The van der Waals surface area contributed by atoms with Crippen molar-refractivity contribution in [3.63, 3.8) is 0 Å². The minimum Gasteiger partial charge on any atom is -0.396 e. The lowest BCUT2D eigenvalue weighted by atomic mass is 9.79. The van der Waals surface area contributed by atoms with E-state index in [1.54, 1.807) is 0 Å². The van der Waals surface area contributed by atoms with E-state index in [0.29, 0.717) is 18.6 Å². The van der Waals surface area contributed by atoms with Crippen molar-refractivity contribution in [2.45, 2.75) is 84.8 Å². The van der Waals surface area contributed by atoms with Gasteiger partial charge >= 0.3 is 0 Å². The molecule has 3 unspecified atom stereocenters. The van der Waals surface area contributed by atoms with Crippen molar-refractivity contribution in [3.05, 3.63) is 0 Å². The third-order valence-corrected chi connectivity index (χ3v) is 5.63. The average molecular weight is 298 g/mol. The lowest BCUT2D eigenvalue weighted by Crippen LogP contribution is -2.51. The maximum absolute atomic E-state index is 12.5. The van der Waals surface area contributed by atoms with Crippen LogP contribution in [0.5, 0.6) is 0 Å². The van der Waals surface area contributed by atoms with Gasteiger partial charge < -0.3 is 10.4 Å². The zero-order valence-corrected chi connectivity index (χ0v) is 14.5. The molecule has 1 heterocycles. The minimum atomic E-state index is -0.0713. The van der Waals surface area contributed by atoms with Crippen molar-refractivity contribution in [2.24, 2.45) is 5.41 Å². The summed E-state index contributed by atoms with van der Waals surface area (Å²) in [6, 6.07) is 0.902. The molecule has 1 saturated heterocycles. The van der Waals surface area contributed by atoms with Crippen LogP contribution in [-0.4, -0.2) is 47.2 Å². The number of carbonyl (C=O) groups excluding carboxylic acids is 1. The Bertz CT molecular complexity index is 319. The molecule has 1 aliphatic rings. The van der Waals surface area contributed by atoms with E-state index < -0.39 is 0 Å². The molecule has 0 aliphatic carbocycles. The molecule has 124 valence electrons. The van der Waals surface area contributed by atoms with Crippen LogP contribution in [0.4, 0.5) is 0 Å². The summed E-state index contributed by atoms with van der Waals surface area (Å²) in [4.78, 5) is 14.8. The monoisotopic (exact) mass is 298 g/mol. The highest BCUT2D eigenvalue weighted by Crippen LogP contribution is 2.30. The molecule has 0 bridgehead atoms. The number of rotatable bonds is 8. The second kappa shape index (κ2) is 8.14. The molecule has 0 aromatic rings. The van der Waals surface area contributed by atoms with E-state index in [0.717, 1.165) is 19.3 Å². The average Bonchev–Trinajstić information content (AvgIpc) is 2.81. The van der Waals surface area contributed by atoms with Gasteiger partial charge in [-0.3, -0.25) is 9.69 Å². The Morgan fingerprint density at radius 3 is 2.24 bits per heavy atom. The Hall–Kier alpha value is -0.610. The predicted molar refractivity (Wildman–Crippen MR) is 87.2 cm³/mol. The van der Waals surface area contributed by atoms with Crippen LogP contribution in [0.1, 0.15) is 66.7 Å². The highest BCUT2D eigenvalue weighted by atomic mass is 16.3. The first-order chi connectivity index (χ1) is 9.90. The summed E-state index contributed by atoms with van der Waals surface area (Å²) in [5, 5.41) is 12.4. The number of hydrogen-bond donors (Lipinski definition) is 2. The molecular weight excluding hydrogens is 264 g/mol. The molecule has 4 nitrogen and oxygen atoms in total. The molecule has 1 fully saturated rings. The second-order valence-electron chi connectivity index (χ2n) is 6.80. The van der Waals surface area contributed by atoms with Crippen LogP contribution in [0.25, 0.3) is 0 Å². The van der Waals surface area contributed by atoms with Crippen LogP contribution in [0.2, 0.25) is 0 Å². The Morgan fingerprint density at radius 1 is 1.29 bits per heavy atom. The van der Waals surface area contributed by atoms with Crippen LogP contribution < -0.4 is 5.32 Å². The van der Waals surface area contributed by atoms with Crippen molar-refractivity contribution in [1.29, 1.82) is 0 Å². The van der Waals surface area contributed by atoms with Gasteiger partial charge in [-0.2, -0.15) is 0 Å². The van der Waals surface area contributed by atoms with E-state index in [9.17, 15) is 9.90 Å². The van der Waals surface area contributed by atoms with Gasteiger partial charge in [0.1, 0.15) is 0 Å². The van der Waals surface area contributed by atoms with Gasteiger partial charge in [0.15, 0.2) is 0 Å². The molecule has 4 heteroatoms. The molecule has 1 rings (SSSR count). The molecule has 0 aromatic carbocycles. The molecule has 2 N–H and O–H groups in total. The van der Waals surface area contributed by atoms with Crippen LogP contribution in [0.15, 0.2) is 0 Å². The molecule has 1 amide bonds. The first kappa shape index (κ1) is 18.4. The van der Waals surface area contributed by atoms with E-state index in [1.165, 1.54) is 12.8 Å². The predicted octanol–water partition coefficient (Wildman–Crippen LogP) is 2.55. The number of aliphatic hydroxyl groups is 1. The lowest BCUT2D eigenvalue weighted by molar-refractivity contribution is -0.127. The summed E-state index contributed by atoms with van der Waals surface area (Å²) < 4.78 is 0. The molecule has 1 aliphatic heterocycles. The maximum atomic E-state index is 12.5. The standard InChI is InChI=1S/C17H34N2O2/c1-6-17(7-2,10-11-20)12-18-16(21)15(5)19-13(3)8-9-14(19)4/h13-15,20H,6-12H2,1-5H3,(H,18,21). The van der Waals surface area contributed by atoms with Crippen molar-refractivity contribution in [2.75, 3.05) is 13.2 Å². The van der Waals surface area contributed by atoms with Gasteiger partial charge in [-0.05, 0) is 58.3 Å². The fourth-order valence-corrected chi connectivity index (χ4v) is 3.72. The molecule has 21 heavy (non-hydrogen) atoms. The summed E-state index contributed by atoms with van der Waals surface area (Å²) in [6.07, 6.45) is 5.07. The zero-order chi connectivity index (χ0) is 16.0. The van der Waals surface area contributed by atoms with E-state index >= 15 is 0 Å². The number of nitrogens with one attached hydrogen (secondary N) is 1. The molecule has 0 saturated carbocycles. The number of carbonyl (C=O) groups is 1. The van der Waals surface area contributed by atoms with Crippen LogP contribution in [0.3, 0.4) is 0 Å². The third kappa shape index (κ3) is 4.43. The number of amides is 1. The molecule has 0 spiro atoms. The van der Waals surface area contributed by atoms with Gasteiger partial charge in [0, 0.05) is 25.2 Å². The van der Waals surface area contributed by atoms with Gasteiger partial charge in [-0.1, -0.05) is 13.8 Å². The Balaban J connectivity index is 2.59. The van der Waals surface area contributed by atoms with E-state index in [-0.39, 0.29) is 24.0 Å². The fourth-order valence-electron chi connectivity index (χ4n) is 3.72. The van der Waals surface area contributed by atoms with Gasteiger partial charge in [-0.15, -0.1) is 0 Å². The van der Waals surface area contributed by atoms with E-state index in [2.05, 4.69) is 37.9 Å². The molecule has 0 radical (unpaired) electrons. The van der Waals surface area contributed by atoms with Crippen LogP contribution >= 0.6 is 0 Å². The quantitative estimate of drug-likeness (QED) is 0.724. The van der Waals surface area contributed by atoms with E-state index in [4.69, 9.17) is 0 Å². The largest absolute Gasteiger partial charge is 0.396 e. The number of nitrogens with zero attached hydrogens (tertiary/aromatic N) is 1. The van der Waals surface area contributed by atoms with E-state index in [1.807, 2.05) is 6.92 Å². The molecule has 0 aromatic heterocycles. The molecule has 3 atom stereocenters. The summed E-state index contributed by atoms with van der Waals surface area (Å²) in [7, 11) is 0. The van der Waals surface area contributed by atoms with Crippen molar-refractivity contribution in [1.82, 2.24) is 10.2 Å². The Morgan fingerprint density at radius 2 is 1.81 bits per heavy atom. The van der Waals surface area contributed by atoms with Crippen molar-refractivity contribution >= 4 is 5.91 Å². The fraction of sp³-hybridized carbons (Fsp3) is 0.941. The normalized spacial score (nSPS) is 25.0. The first-order valence-corrected chi connectivity index (χ1v) is 8.56. The van der Waals surface area contributed by atoms with Gasteiger partial charge in [0.2, 0.25) is 5.91 Å². The number of likely N-dealkylation sites (tertiary alicyclic amines) is 1. The summed E-state index contributed by atoms with van der Waals surface area (Å²) in [5.74, 6) is 0.125. The smallest absolute Gasteiger partial charge is 0.237 e. The third-order valence-electron chi connectivity index (χ3n) is 5.63. The highest BCUT2D eigenvalue weighted by molar-refractivity contribution is 5.81. The number of aliphatic hydroxyl groups excluding tert-OH is 1. The van der Waals surface area contributed by atoms with Crippen LogP contribution in [-0.2, 0) is 4.79 Å². The lowest BCUT2D eigenvalue weighted by Gasteiger charge is -2.35. The van der Waals surface area contributed by atoms with Crippen LogP contribution in [0, 0.1) is 5.41 Å². The van der Waals surface area contributed by atoms with Gasteiger partial charge in [-0.25, -0.2) is 0 Å². The SMILES string of the molecule is CCC(CC)(CCO)CNC(=O)C(C)N1C(C)CCC1C. The van der Waals surface area contributed by atoms with Crippen molar-refractivity contribution < 1.29 is 9.90 Å². The minimum absolute atomic E-state index is 0.0341. The highest BCUT2D eigenvalue weighted by Gasteiger charge is 2.35. The zero-order valence-electron chi connectivity index (χ0n) is 14.5. The molecular formula is C17H34N2O2. The van der Waals surface area contributed by atoms with Crippen molar-refractivity contribution in [3.8, 4) is 0 Å². The van der Waals surface area contributed by atoms with Gasteiger partial charge in [0.05, 0.1) is 6.04 Å². The Labute approximate surface area is 130 Å². The number of hydrogen-bond acceptors (Lipinski definition) is 3. The summed E-state index contributed by atoms with van der Waals surface area (Å²) in [5.41, 5.74) is 0.0341. The summed E-state index contributed by atoms with van der Waals surface area (Å²) >= 11 is 0. The summed E-state index contributed by atoms with van der Waals surface area (Å²) in [6.45, 7) is 11.6. The van der Waals surface area contributed by atoms with Gasteiger partial charge in [0.25, 0.3) is 0 Å². The maximum Gasteiger partial charge on any atom is 0.237 e. The second-order valence-corrected chi connectivity index (χ2v) is 6.80. The topological polar surface area (TPSA) is 52.6 Å². The Kier molecular flexibility index (Phi) is 7.14. The first-order valence-electron chi connectivity index (χ1n) is 8.56.